The Morgan fingerprint density at radius 1 is 0.548 bits per heavy atom. The Morgan fingerprint density at radius 2 is 1.19 bits per heavy atom. The fourth-order valence-electron chi connectivity index (χ4n) is 10.6. The van der Waals surface area contributed by atoms with Crippen LogP contribution in [0.5, 0.6) is 0 Å². The molecule has 1 aliphatic heterocycles. The Labute approximate surface area is 363 Å². The van der Waals surface area contributed by atoms with Gasteiger partial charge in [0.05, 0.1) is 5.52 Å². The van der Waals surface area contributed by atoms with Crippen molar-refractivity contribution in [3.63, 3.8) is 0 Å². The molecule has 1 radical (unpaired) electrons. The van der Waals surface area contributed by atoms with E-state index in [9.17, 15) is 0 Å². The molecule has 0 saturated carbocycles. The Kier molecular flexibility index (Phi) is 8.03. The lowest BCUT2D eigenvalue weighted by Crippen LogP contribution is -2.37. The molecule has 4 nitrogen and oxygen atoms in total. The van der Waals surface area contributed by atoms with Crippen LogP contribution in [0, 0.1) is 6.92 Å². The molecule has 0 unspecified atom stereocenters. The molecule has 12 rings (SSSR count). The van der Waals surface area contributed by atoms with Gasteiger partial charge in [0.1, 0.15) is 11.2 Å². The van der Waals surface area contributed by atoms with Crippen molar-refractivity contribution in [1.29, 1.82) is 0 Å². The smallest absolute Gasteiger partial charge is 0.197 e. The van der Waals surface area contributed by atoms with E-state index in [4.69, 9.17) is 4.42 Å². The second kappa shape index (κ2) is 13.5. The molecule has 10 aromatic rings. The van der Waals surface area contributed by atoms with E-state index in [-0.39, 0.29) is 10.8 Å². The highest BCUT2D eigenvalue weighted by Crippen LogP contribution is 2.49. The summed E-state index contributed by atoms with van der Waals surface area (Å²) in [5.74, 6) is 0. The Balaban J connectivity index is 1.17. The van der Waals surface area contributed by atoms with Crippen molar-refractivity contribution in [2.24, 2.45) is 0 Å². The summed E-state index contributed by atoms with van der Waals surface area (Å²) in [6, 6.07) is 59.8. The summed E-state index contributed by atoms with van der Waals surface area (Å²) in [4.78, 5) is 2.39. The number of benzene rings is 8. The zero-order valence-electron chi connectivity index (χ0n) is 35.9. The summed E-state index contributed by atoms with van der Waals surface area (Å²) in [5.41, 5.74) is 19.7. The quantitative estimate of drug-likeness (QED) is 0.170. The van der Waals surface area contributed by atoms with Gasteiger partial charge in [0.25, 0.3) is 0 Å². The average molecular weight is 801 g/mol. The van der Waals surface area contributed by atoms with E-state index in [1.165, 1.54) is 55.8 Å². The largest absolute Gasteiger partial charge is 0.456 e. The van der Waals surface area contributed by atoms with E-state index in [1.807, 2.05) is 0 Å². The first-order chi connectivity index (χ1) is 30.1. The third-order valence-electron chi connectivity index (χ3n) is 14.0. The SMILES string of the molecule is Cc1cc2c(cc1Nc1cc3c(cc1-c1cc(N(c4ccccc4)c4ccccc4)cc4c1[B]c1cccc5c6ccccc6n-4c15)oc1ccccc13)C(C)(C)CCC2(C)C. The normalized spacial score (nSPS) is 14.8. The number of aryl methyl sites for hydroxylation is 1. The first-order valence-electron chi connectivity index (χ1n) is 22.0. The molecule has 5 heteroatoms. The van der Waals surface area contributed by atoms with Gasteiger partial charge in [-0.15, -0.1) is 0 Å². The van der Waals surface area contributed by atoms with Gasteiger partial charge in [-0.25, -0.2) is 0 Å². The number of hydrogen-bond acceptors (Lipinski definition) is 3. The van der Waals surface area contributed by atoms with Crippen molar-refractivity contribution in [1.82, 2.24) is 4.57 Å². The Hall–Kier alpha value is -6.98. The zero-order valence-corrected chi connectivity index (χ0v) is 35.9. The first kappa shape index (κ1) is 36.8. The van der Waals surface area contributed by atoms with Gasteiger partial charge in [-0.3, -0.25) is 0 Å². The van der Waals surface area contributed by atoms with Crippen LogP contribution in [0.25, 0.3) is 60.6 Å². The third kappa shape index (κ3) is 5.60. The maximum atomic E-state index is 6.72. The minimum atomic E-state index is 0.0709. The molecule has 0 spiro atoms. The highest BCUT2D eigenvalue weighted by molar-refractivity contribution is 6.73. The van der Waals surface area contributed by atoms with Crippen molar-refractivity contribution >= 4 is 90.4 Å². The number of nitrogens with zero attached hydrogens (tertiary/aromatic N) is 2. The number of fused-ring (bicyclic) bond motifs is 9. The molecule has 1 N–H and O–H groups in total. The summed E-state index contributed by atoms with van der Waals surface area (Å²) in [6.07, 6.45) is 2.34. The van der Waals surface area contributed by atoms with E-state index in [0.717, 1.165) is 73.6 Å². The number of rotatable bonds is 6. The van der Waals surface area contributed by atoms with Gasteiger partial charge >= 0.3 is 0 Å². The summed E-state index contributed by atoms with van der Waals surface area (Å²) in [7, 11) is 2.41. The second-order valence-electron chi connectivity index (χ2n) is 18.8. The van der Waals surface area contributed by atoms with E-state index in [2.05, 4.69) is 220 Å². The predicted molar refractivity (Wildman–Crippen MR) is 263 cm³/mol. The van der Waals surface area contributed by atoms with E-state index >= 15 is 0 Å². The van der Waals surface area contributed by atoms with Gasteiger partial charge in [0.15, 0.2) is 7.28 Å². The van der Waals surface area contributed by atoms with Crippen LogP contribution in [0.4, 0.5) is 28.4 Å². The summed E-state index contributed by atoms with van der Waals surface area (Å²) >= 11 is 0. The Morgan fingerprint density at radius 3 is 1.94 bits per heavy atom. The minimum Gasteiger partial charge on any atom is -0.456 e. The molecule has 0 atom stereocenters. The molecular formula is C57H47BN3O. The summed E-state index contributed by atoms with van der Waals surface area (Å²) in [6.45, 7) is 11.9. The molecule has 0 fully saturated rings. The van der Waals surface area contributed by atoms with Crippen LogP contribution in [0.2, 0.25) is 0 Å². The van der Waals surface area contributed by atoms with Crippen molar-refractivity contribution in [2.45, 2.75) is 58.3 Å². The van der Waals surface area contributed by atoms with Crippen LogP contribution in [-0.4, -0.2) is 11.8 Å². The minimum absolute atomic E-state index is 0.0709. The van der Waals surface area contributed by atoms with Crippen LogP contribution in [0.1, 0.15) is 57.2 Å². The molecule has 0 amide bonds. The van der Waals surface area contributed by atoms with Crippen molar-refractivity contribution in [3.05, 3.63) is 180 Å². The third-order valence-corrected chi connectivity index (χ3v) is 14.0. The Bertz CT molecular complexity index is 3390. The fraction of sp³-hybridized carbons (Fsp3) is 0.158. The predicted octanol–water partition coefficient (Wildman–Crippen LogP) is 14.2. The molecule has 2 aromatic heterocycles. The standard InChI is InChI=1S/C57H47BN3O/c1-35-29-45-46(57(4,5)28-27-56(45,2)3)34-48(35)59-49-32-43-40-22-13-15-26-52(40)62-53(43)33-42(49)44-30-38(60(36-17-8-6-9-18-36)37-19-10-7-11-20-37)31-51-54(44)58-47-24-16-23-41-39-21-12-14-25-50(39)61(51)55(41)47/h6-26,29-34,59H,27-28H2,1-5H3. The molecule has 3 heterocycles. The molecular weight excluding hydrogens is 753 g/mol. The van der Waals surface area contributed by atoms with Gasteiger partial charge in [0, 0.05) is 66.7 Å². The molecule has 0 bridgehead atoms. The number of anilines is 5. The number of para-hydroxylation sites is 5. The molecule has 0 saturated heterocycles. The van der Waals surface area contributed by atoms with Crippen molar-refractivity contribution in [3.8, 4) is 16.8 Å². The van der Waals surface area contributed by atoms with Crippen molar-refractivity contribution in [2.75, 3.05) is 10.2 Å². The van der Waals surface area contributed by atoms with Crippen LogP contribution < -0.4 is 21.1 Å². The van der Waals surface area contributed by atoms with E-state index < -0.39 is 0 Å². The topological polar surface area (TPSA) is 33.3 Å². The lowest BCUT2D eigenvalue weighted by Gasteiger charge is -2.42. The van der Waals surface area contributed by atoms with Gasteiger partial charge in [-0.2, -0.15) is 0 Å². The average Bonchev–Trinajstić information content (AvgIpc) is 3.83. The highest BCUT2D eigenvalue weighted by atomic mass is 16.3. The van der Waals surface area contributed by atoms with E-state index in [0.29, 0.717) is 0 Å². The van der Waals surface area contributed by atoms with Crippen molar-refractivity contribution < 1.29 is 4.42 Å². The number of aromatic nitrogens is 1. The second-order valence-corrected chi connectivity index (χ2v) is 18.8. The maximum Gasteiger partial charge on any atom is 0.197 e. The fourth-order valence-corrected chi connectivity index (χ4v) is 10.6. The summed E-state index contributed by atoms with van der Waals surface area (Å²) in [5, 5.41) is 8.82. The van der Waals surface area contributed by atoms with Gasteiger partial charge in [-0.05, 0) is 125 Å². The molecule has 62 heavy (non-hydrogen) atoms. The lowest BCUT2D eigenvalue weighted by molar-refractivity contribution is 0.332. The van der Waals surface area contributed by atoms with Crippen LogP contribution >= 0.6 is 0 Å². The monoisotopic (exact) mass is 800 g/mol. The van der Waals surface area contributed by atoms with Gasteiger partial charge in [-0.1, -0.05) is 130 Å². The summed E-state index contributed by atoms with van der Waals surface area (Å²) < 4.78 is 9.22. The van der Waals surface area contributed by atoms with Crippen LogP contribution in [0.15, 0.2) is 168 Å². The van der Waals surface area contributed by atoms with Crippen LogP contribution in [-0.2, 0) is 10.8 Å². The number of hydrogen-bond donors (Lipinski definition) is 1. The molecule has 299 valence electrons. The van der Waals surface area contributed by atoms with Crippen LogP contribution in [0.3, 0.4) is 0 Å². The number of nitrogens with one attached hydrogen (secondary N) is 1. The number of furan rings is 1. The first-order valence-corrected chi connectivity index (χ1v) is 22.0. The molecule has 2 aliphatic rings. The molecule has 8 aromatic carbocycles. The zero-order chi connectivity index (χ0) is 41.9. The molecule has 1 aliphatic carbocycles. The highest BCUT2D eigenvalue weighted by Gasteiger charge is 2.38. The lowest BCUT2D eigenvalue weighted by atomic mass is 9.59. The van der Waals surface area contributed by atoms with Gasteiger partial charge < -0.3 is 19.2 Å². The van der Waals surface area contributed by atoms with Gasteiger partial charge in [0.2, 0.25) is 0 Å². The maximum absolute atomic E-state index is 6.72. The van der Waals surface area contributed by atoms with E-state index in [1.54, 1.807) is 0 Å².